The van der Waals surface area contributed by atoms with E-state index in [1.165, 1.54) is 19.2 Å². The number of carbonyl (C=O) groups excluding carboxylic acids is 1. The predicted molar refractivity (Wildman–Crippen MR) is 170 cm³/mol. The van der Waals surface area contributed by atoms with Crippen molar-refractivity contribution in [1.82, 2.24) is 4.58 Å². The lowest BCUT2D eigenvalue weighted by Crippen LogP contribution is -2.47. The smallest absolute Gasteiger partial charge is 0.337 e. The van der Waals surface area contributed by atoms with Crippen LogP contribution < -0.4 is 24.8 Å². The Kier molecular flexibility index (Phi) is 6.24. The number of carbonyl (C=O) groups is 2. The van der Waals surface area contributed by atoms with Gasteiger partial charge < -0.3 is 19.5 Å². The van der Waals surface area contributed by atoms with E-state index in [0.717, 1.165) is 44.1 Å². The average molecular weight is 578 g/mol. The quantitative estimate of drug-likeness (QED) is 0.257. The van der Waals surface area contributed by atoms with Crippen LogP contribution in [0.3, 0.4) is 0 Å². The van der Waals surface area contributed by atoms with E-state index in [-0.39, 0.29) is 22.2 Å². The lowest BCUT2D eigenvalue weighted by atomic mass is 9.83. The highest BCUT2D eigenvalue weighted by Crippen LogP contribution is 2.46. The topological polar surface area (TPSA) is 79.1 Å². The van der Waals surface area contributed by atoms with Gasteiger partial charge in [0.15, 0.2) is 5.54 Å². The number of hydrogen-bond donors (Lipinski definition) is 1. The van der Waals surface area contributed by atoms with E-state index in [1.807, 2.05) is 0 Å². The second-order valence-corrected chi connectivity index (χ2v) is 12.8. The highest BCUT2D eigenvalue weighted by Gasteiger charge is 2.35. The molecule has 220 valence electrons. The van der Waals surface area contributed by atoms with Crippen LogP contribution in [0.1, 0.15) is 84.5 Å². The third-order valence-corrected chi connectivity index (χ3v) is 9.34. The van der Waals surface area contributed by atoms with Gasteiger partial charge in [-0.2, -0.15) is 0 Å². The molecule has 3 aromatic rings. The summed E-state index contributed by atoms with van der Waals surface area (Å²) in [5, 5.41) is 12.1. The van der Waals surface area contributed by atoms with Crippen molar-refractivity contribution in [3.8, 4) is 11.5 Å². The van der Waals surface area contributed by atoms with Gasteiger partial charge in [-0.05, 0) is 80.8 Å². The molecule has 0 unspecified atom stereocenters. The summed E-state index contributed by atoms with van der Waals surface area (Å²) in [6, 6.07) is 12.9. The zero-order valence-electron chi connectivity index (χ0n) is 26.2. The van der Waals surface area contributed by atoms with Crippen LogP contribution in [0, 0.1) is 0 Å². The first-order valence-electron chi connectivity index (χ1n) is 14.4. The number of carboxylic acids is 1. The third-order valence-electron chi connectivity index (χ3n) is 9.34. The highest BCUT2D eigenvalue weighted by molar-refractivity contribution is 6.02. The Bertz CT molecular complexity index is 1980. The molecule has 3 aliphatic heterocycles. The van der Waals surface area contributed by atoms with Gasteiger partial charge in [0.25, 0.3) is 0 Å². The maximum atomic E-state index is 12.7. The number of ether oxygens (including phenoxy) is 2. The largest absolute Gasteiger partial charge is 0.478 e. The summed E-state index contributed by atoms with van der Waals surface area (Å²) in [7, 11) is 5.46. The van der Waals surface area contributed by atoms with Gasteiger partial charge in [0.05, 0.1) is 29.8 Å². The van der Waals surface area contributed by atoms with Crippen molar-refractivity contribution in [3.63, 3.8) is 0 Å². The Hall–Kier alpha value is -4.65. The SMILES string of the molecule is COC(=O)c1ccc(C(=O)O)c(C2=c3cc4c(cc3Oc3cc5c(cc32)C(C)=CC(C)(C)N5C)=[N+](C)C(C)(C)C=C4C)c1. The lowest BCUT2D eigenvalue weighted by molar-refractivity contribution is 0.0598. The van der Waals surface area contributed by atoms with Crippen molar-refractivity contribution >= 4 is 34.3 Å². The van der Waals surface area contributed by atoms with Gasteiger partial charge in [-0.15, -0.1) is 0 Å². The molecule has 0 bridgehead atoms. The molecule has 43 heavy (non-hydrogen) atoms. The van der Waals surface area contributed by atoms with E-state index in [1.54, 1.807) is 6.07 Å². The standard InChI is InChI=1S/C36H36N2O5/c1-19-17-35(3,4)37(7)28-15-30-26(13-23(19)28)32(25-12-21(34(41)42-9)10-11-22(25)33(39)40)27-14-24-20(2)18-36(5,6)38(8)29(24)16-31(27)43-30/h10-18H,1-9H3/p+1. The number of benzene rings is 3. The van der Waals surface area contributed by atoms with Crippen LogP contribution in [0.25, 0.3) is 16.7 Å². The zero-order chi connectivity index (χ0) is 31.2. The third kappa shape index (κ3) is 4.29. The Morgan fingerprint density at radius 3 is 2.26 bits per heavy atom. The first-order valence-corrected chi connectivity index (χ1v) is 14.4. The molecule has 3 aliphatic rings. The van der Waals surface area contributed by atoms with Crippen LogP contribution in [0.4, 0.5) is 5.69 Å². The summed E-state index contributed by atoms with van der Waals surface area (Å²) in [6.07, 6.45) is 4.48. The maximum absolute atomic E-state index is 12.7. The fourth-order valence-electron chi connectivity index (χ4n) is 6.65. The number of allylic oxidation sites excluding steroid dienone is 2. The molecule has 0 fully saturated rings. The molecule has 7 nitrogen and oxygen atoms in total. The number of hydrogen-bond acceptors (Lipinski definition) is 5. The Morgan fingerprint density at radius 2 is 1.58 bits per heavy atom. The molecule has 0 atom stereocenters. The van der Waals surface area contributed by atoms with Crippen molar-refractivity contribution in [2.24, 2.45) is 0 Å². The highest BCUT2D eigenvalue weighted by atomic mass is 16.5. The summed E-state index contributed by atoms with van der Waals surface area (Å²) in [4.78, 5) is 27.5. The van der Waals surface area contributed by atoms with Crippen molar-refractivity contribution < 1.29 is 24.2 Å². The van der Waals surface area contributed by atoms with E-state index < -0.39 is 11.9 Å². The minimum absolute atomic E-state index is 0.0907. The molecule has 7 heteroatoms. The Balaban J connectivity index is 1.79. The van der Waals surface area contributed by atoms with Crippen LogP contribution in [0.5, 0.6) is 11.5 Å². The predicted octanol–water partition coefficient (Wildman–Crippen LogP) is 5.47. The molecule has 3 aromatic carbocycles. The summed E-state index contributed by atoms with van der Waals surface area (Å²) in [5.74, 6) is -0.362. The number of methoxy groups -OCH3 is 1. The van der Waals surface area contributed by atoms with Crippen molar-refractivity contribution in [2.45, 2.75) is 52.6 Å². The second-order valence-electron chi connectivity index (χ2n) is 12.8. The number of fused-ring (bicyclic) bond motifs is 4. The average Bonchev–Trinajstić information content (AvgIpc) is 2.95. The van der Waals surface area contributed by atoms with Gasteiger partial charge in [-0.25, -0.2) is 14.2 Å². The van der Waals surface area contributed by atoms with Gasteiger partial charge in [-0.3, -0.25) is 0 Å². The number of anilines is 1. The van der Waals surface area contributed by atoms with Gasteiger partial charge in [0.1, 0.15) is 18.5 Å². The van der Waals surface area contributed by atoms with Crippen molar-refractivity contribution in [3.05, 3.63) is 98.6 Å². The molecular formula is C36H37N2O5+. The van der Waals surface area contributed by atoms with Gasteiger partial charge in [0.2, 0.25) is 5.36 Å². The van der Waals surface area contributed by atoms with E-state index in [2.05, 4.69) is 102 Å². The first-order chi connectivity index (χ1) is 20.1. The van der Waals surface area contributed by atoms with Crippen molar-refractivity contribution in [1.29, 1.82) is 0 Å². The van der Waals surface area contributed by atoms with E-state index in [0.29, 0.717) is 22.6 Å². The summed E-state index contributed by atoms with van der Waals surface area (Å²) >= 11 is 0. The molecule has 6 rings (SSSR count). The summed E-state index contributed by atoms with van der Waals surface area (Å²) in [6.45, 7) is 12.9. The van der Waals surface area contributed by atoms with Gasteiger partial charge in [0, 0.05) is 60.1 Å². The van der Waals surface area contributed by atoms with Crippen LogP contribution >= 0.6 is 0 Å². The van der Waals surface area contributed by atoms with Crippen LogP contribution in [-0.2, 0) is 4.74 Å². The fourth-order valence-corrected chi connectivity index (χ4v) is 6.65. The summed E-state index contributed by atoms with van der Waals surface area (Å²) < 4.78 is 14.0. The van der Waals surface area contributed by atoms with E-state index >= 15 is 0 Å². The van der Waals surface area contributed by atoms with Crippen LogP contribution in [0.15, 0.2) is 54.6 Å². The lowest BCUT2D eigenvalue weighted by Gasteiger charge is -2.41. The molecule has 0 spiro atoms. The van der Waals surface area contributed by atoms with Crippen LogP contribution in [-0.4, -0.2) is 49.3 Å². The summed E-state index contributed by atoms with van der Waals surface area (Å²) in [5.41, 5.74) is 7.23. The molecule has 0 saturated carbocycles. The second kappa shape index (κ2) is 9.43. The minimum atomic E-state index is -1.08. The number of carboxylic acid groups (broad SMARTS) is 1. The van der Waals surface area contributed by atoms with E-state index in [9.17, 15) is 14.7 Å². The minimum Gasteiger partial charge on any atom is -0.478 e. The molecular weight excluding hydrogens is 540 g/mol. The Labute approximate surface area is 251 Å². The van der Waals surface area contributed by atoms with Crippen molar-refractivity contribution in [2.75, 3.05) is 26.1 Å². The fraction of sp³-hybridized carbons (Fsp3) is 0.306. The monoisotopic (exact) mass is 577 g/mol. The normalized spacial score (nSPS) is 17.5. The van der Waals surface area contributed by atoms with Gasteiger partial charge >= 0.3 is 11.9 Å². The Morgan fingerprint density at radius 1 is 0.884 bits per heavy atom. The maximum Gasteiger partial charge on any atom is 0.337 e. The van der Waals surface area contributed by atoms with Gasteiger partial charge in [-0.1, -0.05) is 6.08 Å². The zero-order valence-corrected chi connectivity index (χ0v) is 26.2. The molecule has 0 aromatic heterocycles. The number of aromatic carboxylic acids is 1. The molecule has 3 heterocycles. The molecule has 0 saturated heterocycles. The molecule has 0 aliphatic carbocycles. The van der Waals surface area contributed by atoms with Crippen LogP contribution in [0.2, 0.25) is 0 Å². The molecule has 0 radical (unpaired) electrons. The number of esters is 1. The molecule has 0 amide bonds. The van der Waals surface area contributed by atoms with E-state index in [4.69, 9.17) is 9.47 Å². The first kappa shape index (κ1) is 28.5. The number of likely N-dealkylation sites (N-methyl/N-ethyl adjacent to an activating group) is 2. The number of rotatable bonds is 3. The molecule has 1 N–H and O–H groups in total. The number of nitrogens with zero attached hydrogens (tertiary/aromatic N) is 2.